The highest BCUT2D eigenvalue weighted by Crippen LogP contribution is 2.43. The highest BCUT2D eigenvalue weighted by atomic mass is 35.5. The van der Waals surface area contributed by atoms with Gasteiger partial charge in [-0.2, -0.15) is 13.2 Å². The van der Waals surface area contributed by atoms with E-state index in [0.29, 0.717) is 6.42 Å². The van der Waals surface area contributed by atoms with Gasteiger partial charge in [-0.15, -0.1) is 0 Å². The Balaban J connectivity index is 1.70. The molecule has 4 nitrogen and oxygen atoms in total. The molecule has 0 aliphatic carbocycles. The molecule has 0 amide bonds. The van der Waals surface area contributed by atoms with Gasteiger partial charge in [-0.05, 0) is 65.6 Å². The molecule has 1 aromatic heterocycles. The molecule has 2 N–H and O–H groups in total. The summed E-state index contributed by atoms with van der Waals surface area (Å²) in [4.78, 5) is 14.0. The second-order valence-electron chi connectivity index (χ2n) is 7.45. The molecule has 0 bridgehead atoms. The SMILES string of the molecule is O=C(O)Cc1cc(Cl)c(Oc2ccc3[nH]cc(Cc4ccc(F)cc4)c3c2)c(C(F)(F)F)c1. The van der Waals surface area contributed by atoms with Gasteiger partial charge in [0, 0.05) is 17.1 Å². The minimum absolute atomic E-state index is 0.0881. The third-order valence-corrected chi connectivity index (χ3v) is 5.31. The van der Waals surface area contributed by atoms with Crippen molar-refractivity contribution in [1.82, 2.24) is 4.98 Å². The van der Waals surface area contributed by atoms with E-state index in [1.54, 1.807) is 30.5 Å². The summed E-state index contributed by atoms with van der Waals surface area (Å²) >= 11 is 6.07. The van der Waals surface area contributed by atoms with Crippen LogP contribution in [0.25, 0.3) is 10.9 Å². The number of alkyl halides is 3. The summed E-state index contributed by atoms with van der Waals surface area (Å²) in [5.74, 6) is -2.10. The lowest BCUT2D eigenvalue weighted by Crippen LogP contribution is -2.10. The van der Waals surface area contributed by atoms with Crippen molar-refractivity contribution in [2.24, 2.45) is 0 Å². The van der Waals surface area contributed by atoms with E-state index in [0.717, 1.165) is 34.2 Å². The van der Waals surface area contributed by atoms with E-state index in [2.05, 4.69) is 4.98 Å². The quantitative estimate of drug-likeness (QED) is 0.294. The van der Waals surface area contributed by atoms with Crippen molar-refractivity contribution < 1.29 is 32.2 Å². The maximum absolute atomic E-state index is 13.7. The zero-order chi connectivity index (χ0) is 23.8. The van der Waals surface area contributed by atoms with Crippen molar-refractivity contribution in [2.45, 2.75) is 19.0 Å². The molecule has 1 heterocycles. The van der Waals surface area contributed by atoms with E-state index in [9.17, 15) is 22.4 Å². The monoisotopic (exact) mass is 477 g/mol. The number of ether oxygens (including phenoxy) is 1. The lowest BCUT2D eigenvalue weighted by molar-refractivity contribution is -0.139. The first kappa shape index (κ1) is 22.7. The smallest absolute Gasteiger partial charge is 0.420 e. The Morgan fingerprint density at radius 3 is 2.42 bits per heavy atom. The number of aromatic amines is 1. The molecule has 0 aliphatic rings. The first-order valence-corrected chi connectivity index (χ1v) is 10.1. The van der Waals surface area contributed by atoms with Gasteiger partial charge in [-0.3, -0.25) is 4.79 Å². The van der Waals surface area contributed by atoms with Crippen molar-refractivity contribution in [1.29, 1.82) is 0 Å². The second-order valence-corrected chi connectivity index (χ2v) is 7.86. The number of carboxylic acids is 1. The Morgan fingerprint density at radius 1 is 1.03 bits per heavy atom. The van der Waals surface area contributed by atoms with Gasteiger partial charge in [0.25, 0.3) is 0 Å². The molecule has 0 radical (unpaired) electrons. The van der Waals surface area contributed by atoms with Crippen LogP contribution in [0.2, 0.25) is 5.02 Å². The molecule has 0 unspecified atom stereocenters. The van der Waals surface area contributed by atoms with E-state index in [1.165, 1.54) is 18.2 Å². The zero-order valence-electron chi connectivity index (χ0n) is 16.8. The molecular weight excluding hydrogens is 462 g/mol. The van der Waals surface area contributed by atoms with Gasteiger partial charge in [0.05, 0.1) is 17.0 Å². The Bertz CT molecular complexity index is 1330. The summed E-state index contributed by atoms with van der Waals surface area (Å²) in [6.07, 6.45) is -3.17. The molecule has 4 rings (SSSR count). The third-order valence-electron chi connectivity index (χ3n) is 5.03. The van der Waals surface area contributed by atoms with Gasteiger partial charge < -0.3 is 14.8 Å². The minimum Gasteiger partial charge on any atom is -0.481 e. The summed E-state index contributed by atoms with van der Waals surface area (Å²) in [5, 5.41) is 9.28. The van der Waals surface area contributed by atoms with Crippen LogP contribution in [0.15, 0.2) is 60.8 Å². The fraction of sp³-hybridized carbons (Fsp3) is 0.125. The van der Waals surface area contributed by atoms with Crippen LogP contribution in [0, 0.1) is 5.82 Å². The highest BCUT2D eigenvalue weighted by molar-refractivity contribution is 6.32. The molecule has 9 heteroatoms. The van der Waals surface area contributed by atoms with Crippen molar-refractivity contribution in [3.8, 4) is 11.5 Å². The van der Waals surface area contributed by atoms with Crippen LogP contribution in [0.4, 0.5) is 17.6 Å². The lowest BCUT2D eigenvalue weighted by atomic mass is 10.0. The van der Waals surface area contributed by atoms with Crippen molar-refractivity contribution in [2.75, 3.05) is 0 Å². The van der Waals surface area contributed by atoms with Crippen molar-refractivity contribution in [3.63, 3.8) is 0 Å². The first-order chi connectivity index (χ1) is 15.6. The normalized spacial score (nSPS) is 11.7. The molecule has 4 aromatic rings. The van der Waals surface area contributed by atoms with E-state index >= 15 is 0 Å². The average Bonchev–Trinajstić information content (AvgIpc) is 3.12. The molecule has 33 heavy (non-hydrogen) atoms. The van der Waals surface area contributed by atoms with Crippen LogP contribution in [0.5, 0.6) is 11.5 Å². The third kappa shape index (κ3) is 5.12. The van der Waals surface area contributed by atoms with Gasteiger partial charge in [0.1, 0.15) is 11.6 Å². The number of nitrogens with one attached hydrogen (secondary N) is 1. The molecule has 0 spiro atoms. The molecule has 0 fully saturated rings. The number of hydrogen-bond acceptors (Lipinski definition) is 2. The topological polar surface area (TPSA) is 62.3 Å². The molecule has 170 valence electrons. The van der Waals surface area contributed by atoms with Crippen LogP contribution in [-0.4, -0.2) is 16.1 Å². The average molecular weight is 478 g/mol. The van der Waals surface area contributed by atoms with Crippen molar-refractivity contribution in [3.05, 3.63) is 93.9 Å². The van der Waals surface area contributed by atoms with Gasteiger partial charge in [-0.1, -0.05) is 23.7 Å². The summed E-state index contributed by atoms with van der Waals surface area (Å²) < 4.78 is 59.7. The van der Waals surface area contributed by atoms with Crippen LogP contribution in [0.1, 0.15) is 22.3 Å². The molecule has 0 atom stereocenters. The number of carbonyl (C=O) groups is 1. The first-order valence-electron chi connectivity index (χ1n) is 9.74. The number of fused-ring (bicyclic) bond motifs is 1. The Labute approximate surface area is 190 Å². The fourth-order valence-corrected chi connectivity index (χ4v) is 3.83. The molecule has 3 aromatic carbocycles. The summed E-state index contributed by atoms with van der Waals surface area (Å²) in [5.41, 5.74) is 1.21. The maximum Gasteiger partial charge on any atom is 0.420 e. The maximum atomic E-state index is 13.7. The van der Waals surface area contributed by atoms with Gasteiger partial charge >= 0.3 is 12.1 Å². The predicted octanol–water partition coefficient (Wildman–Crippen LogP) is 6.99. The van der Waals surface area contributed by atoms with E-state index in [4.69, 9.17) is 21.4 Å². The highest BCUT2D eigenvalue weighted by Gasteiger charge is 2.36. The summed E-state index contributed by atoms with van der Waals surface area (Å²) in [6, 6.07) is 12.7. The largest absolute Gasteiger partial charge is 0.481 e. The van der Waals surface area contributed by atoms with Crippen molar-refractivity contribution >= 4 is 28.5 Å². The Morgan fingerprint density at radius 2 is 1.76 bits per heavy atom. The number of H-pyrrole nitrogens is 1. The van der Waals surface area contributed by atoms with Gasteiger partial charge in [0.15, 0.2) is 5.75 Å². The molecular formula is C24H16ClF4NO3. The predicted molar refractivity (Wildman–Crippen MR) is 115 cm³/mol. The molecule has 0 saturated heterocycles. The number of carboxylic acid groups (broad SMARTS) is 1. The van der Waals surface area contributed by atoms with E-state index in [1.807, 2.05) is 0 Å². The number of rotatable bonds is 6. The number of aromatic nitrogens is 1. The van der Waals surface area contributed by atoms with Crippen LogP contribution in [0.3, 0.4) is 0 Å². The number of aliphatic carboxylic acids is 1. The zero-order valence-corrected chi connectivity index (χ0v) is 17.6. The number of benzene rings is 3. The molecule has 0 aliphatic heterocycles. The minimum atomic E-state index is -4.81. The summed E-state index contributed by atoms with van der Waals surface area (Å²) in [6.45, 7) is 0. The number of hydrogen-bond donors (Lipinski definition) is 2. The van der Waals surface area contributed by atoms with Gasteiger partial charge in [-0.25, -0.2) is 4.39 Å². The molecule has 0 saturated carbocycles. The van der Waals surface area contributed by atoms with Crippen LogP contribution < -0.4 is 4.74 Å². The lowest BCUT2D eigenvalue weighted by Gasteiger charge is -2.17. The second kappa shape index (κ2) is 8.78. The van der Waals surface area contributed by atoms with Gasteiger partial charge in [0.2, 0.25) is 0 Å². The summed E-state index contributed by atoms with van der Waals surface area (Å²) in [7, 11) is 0. The Kier molecular flexibility index (Phi) is 6.03. The van der Waals surface area contributed by atoms with E-state index in [-0.39, 0.29) is 22.2 Å². The number of halogens is 5. The van der Waals surface area contributed by atoms with E-state index < -0.39 is 29.9 Å². The standard InChI is InChI=1S/C24H16ClF4NO3/c25-20-9-14(10-22(31)32)8-19(24(27,28)29)23(20)33-17-5-6-21-18(11-17)15(12-30-21)7-13-1-3-16(26)4-2-13/h1-6,8-9,11-12,30H,7,10H2,(H,31,32). The van der Waals surface area contributed by atoms with Crippen LogP contribution >= 0.6 is 11.6 Å². The van der Waals surface area contributed by atoms with Crippen LogP contribution in [-0.2, 0) is 23.8 Å². The fourth-order valence-electron chi connectivity index (χ4n) is 3.55. The Hall–Kier alpha value is -3.52.